The van der Waals surface area contributed by atoms with Gasteiger partial charge in [0.25, 0.3) is 0 Å². The Morgan fingerprint density at radius 2 is 2.27 bits per heavy atom. The quantitative estimate of drug-likeness (QED) is 0.808. The summed E-state index contributed by atoms with van der Waals surface area (Å²) in [5.74, 6) is 0.836. The van der Waals surface area contributed by atoms with Crippen LogP contribution in [0.4, 0.5) is 0 Å². The van der Waals surface area contributed by atoms with E-state index in [9.17, 15) is 5.11 Å². The smallest absolute Gasteiger partial charge is 0.119 e. The Balaban J connectivity index is 0.00000112. The van der Waals surface area contributed by atoms with E-state index < -0.39 is 0 Å². The third kappa shape index (κ3) is 2.62. The van der Waals surface area contributed by atoms with Gasteiger partial charge in [0.1, 0.15) is 5.75 Å². The summed E-state index contributed by atoms with van der Waals surface area (Å²) in [4.78, 5) is 0. The van der Waals surface area contributed by atoms with Crippen molar-refractivity contribution in [3.63, 3.8) is 0 Å². The van der Waals surface area contributed by atoms with Gasteiger partial charge in [-0.1, -0.05) is 12.1 Å². The molecule has 4 heteroatoms. The van der Waals surface area contributed by atoms with Crippen LogP contribution in [0, 0.1) is 0 Å². The second-order valence-electron chi connectivity index (χ2n) is 3.56. The number of rotatable bonds is 2. The monoisotopic (exact) mass is 229 g/mol. The van der Waals surface area contributed by atoms with E-state index >= 15 is 0 Å². The fourth-order valence-corrected chi connectivity index (χ4v) is 1.86. The molecule has 84 valence electrons. The van der Waals surface area contributed by atoms with E-state index in [1.807, 2.05) is 24.3 Å². The van der Waals surface area contributed by atoms with Gasteiger partial charge in [0.05, 0.1) is 19.3 Å². The highest BCUT2D eigenvalue weighted by atomic mass is 35.5. The molecule has 1 aliphatic heterocycles. The van der Waals surface area contributed by atoms with Crippen molar-refractivity contribution in [2.24, 2.45) is 0 Å². The summed E-state index contributed by atoms with van der Waals surface area (Å²) in [5, 5.41) is 13.0. The lowest BCUT2D eigenvalue weighted by atomic mass is 10.0. The van der Waals surface area contributed by atoms with Gasteiger partial charge in [-0.3, -0.25) is 0 Å². The van der Waals surface area contributed by atoms with E-state index in [0.29, 0.717) is 0 Å². The van der Waals surface area contributed by atoms with E-state index in [1.54, 1.807) is 7.11 Å². The molecule has 1 heterocycles. The fraction of sp³-hybridized carbons (Fsp3) is 0.455. The number of halogens is 1. The number of benzene rings is 1. The van der Waals surface area contributed by atoms with Crippen molar-refractivity contribution in [1.29, 1.82) is 0 Å². The number of hydrogen-bond acceptors (Lipinski definition) is 3. The molecule has 0 aliphatic carbocycles. The number of aliphatic hydroxyl groups is 1. The highest BCUT2D eigenvalue weighted by Gasteiger charge is 2.25. The van der Waals surface area contributed by atoms with Crippen LogP contribution in [0.2, 0.25) is 0 Å². The predicted octanol–water partition coefficient (Wildman–Crippen LogP) is 1.51. The van der Waals surface area contributed by atoms with Crippen molar-refractivity contribution in [1.82, 2.24) is 5.32 Å². The van der Waals surface area contributed by atoms with Crippen LogP contribution in [-0.4, -0.2) is 24.9 Å². The van der Waals surface area contributed by atoms with Gasteiger partial charge in [-0.25, -0.2) is 0 Å². The minimum atomic E-state index is -0.276. The van der Waals surface area contributed by atoms with Crippen molar-refractivity contribution >= 4 is 12.4 Å². The Bertz CT molecular complexity index is 319. The molecule has 15 heavy (non-hydrogen) atoms. The molecular weight excluding hydrogens is 214 g/mol. The van der Waals surface area contributed by atoms with Crippen LogP contribution in [0.25, 0.3) is 0 Å². The van der Waals surface area contributed by atoms with E-state index in [0.717, 1.165) is 24.3 Å². The molecule has 1 aliphatic rings. The van der Waals surface area contributed by atoms with E-state index in [4.69, 9.17) is 4.74 Å². The summed E-state index contributed by atoms with van der Waals surface area (Å²) < 4.78 is 5.14. The average molecular weight is 230 g/mol. The first-order valence-corrected chi connectivity index (χ1v) is 4.86. The first kappa shape index (κ1) is 12.3. The third-order valence-electron chi connectivity index (χ3n) is 2.64. The minimum absolute atomic E-state index is 0. The van der Waals surface area contributed by atoms with Crippen molar-refractivity contribution in [3.8, 4) is 5.75 Å². The fourth-order valence-electron chi connectivity index (χ4n) is 1.86. The van der Waals surface area contributed by atoms with Gasteiger partial charge in [-0.2, -0.15) is 0 Å². The molecule has 2 unspecified atom stereocenters. The van der Waals surface area contributed by atoms with Gasteiger partial charge in [-0.15, -0.1) is 12.4 Å². The van der Waals surface area contributed by atoms with E-state index in [2.05, 4.69) is 5.32 Å². The Kier molecular flexibility index (Phi) is 4.39. The number of ether oxygens (including phenoxy) is 1. The van der Waals surface area contributed by atoms with Gasteiger partial charge in [-0.05, 0) is 30.7 Å². The number of nitrogens with one attached hydrogen (secondary N) is 1. The zero-order chi connectivity index (χ0) is 9.97. The minimum Gasteiger partial charge on any atom is -0.497 e. The highest BCUT2D eigenvalue weighted by Crippen LogP contribution is 2.26. The van der Waals surface area contributed by atoms with Crippen molar-refractivity contribution in [3.05, 3.63) is 29.8 Å². The lowest BCUT2D eigenvalue weighted by molar-refractivity contribution is 0.160. The van der Waals surface area contributed by atoms with Crippen molar-refractivity contribution in [2.75, 3.05) is 13.7 Å². The molecule has 1 aromatic rings. The van der Waals surface area contributed by atoms with Gasteiger partial charge in [0.15, 0.2) is 0 Å². The van der Waals surface area contributed by atoms with Crippen LogP contribution in [0.15, 0.2) is 24.3 Å². The normalized spacial score (nSPS) is 24.7. The molecule has 0 saturated carbocycles. The summed E-state index contributed by atoms with van der Waals surface area (Å²) in [6.45, 7) is 0.878. The topological polar surface area (TPSA) is 41.5 Å². The molecule has 1 fully saturated rings. The molecule has 0 bridgehead atoms. The number of aliphatic hydroxyl groups excluding tert-OH is 1. The van der Waals surface area contributed by atoms with Gasteiger partial charge in [0.2, 0.25) is 0 Å². The molecule has 3 nitrogen and oxygen atoms in total. The average Bonchev–Trinajstić information content (AvgIpc) is 2.65. The maximum atomic E-state index is 9.70. The standard InChI is InChI=1S/C11H15NO2.ClH/c1-14-9-4-2-3-8(7-9)11-10(13)5-6-12-11;/h2-4,7,10-13H,5-6H2,1H3;1H. The lowest BCUT2D eigenvalue weighted by Gasteiger charge is -2.15. The molecule has 0 aromatic heterocycles. The Labute approximate surface area is 95.9 Å². The third-order valence-corrected chi connectivity index (χ3v) is 2.64. The maximum Gasteiger partial charge on any atom is 0.119 e. The molecule has 0 amide bonds. The largest absolute Gasteiger partial charge is 0.497 e. The second kappa shape index (κ2) is 5.35. The maximum absolute atomic E-state index is 9.70. The zero-order valence-electron chi connectivity index (χ0n) is 8.64. The molecular formula is C11H16ClNO2. The first-order valence-electron chi connectivity index (χ1n) is 4.86. The van der Waals surface area contributed by atoms with Crippen molar-refractivity contribution in [2.45, 2.75) is 18.6 Å². The zero-order valence-corrected chi connectivity index (χ0v) is 9.46. The van der Waals surface area contributed by atoms with Crippen LogP contribution in [0.1, 0.15) is 18.0 Å². The molecule has 2 atom stereocenters. The molecule has 2 rings (SSSR count). The summed E-state index contributed by atoms with van der Waals surface area (Å²) in [5.41, 5.74) is 1.09. The molecule has 2 N–H and O–H groups in total. The molecule has 0 spiro atoms. The molecule has 1 aromatic carbocycles. The number of methoxy groups -OCH3 is 1. The number of hydrogen-bond donors (Lipinski definition) is 2. The van der Waals surface area contributed by atoms with Crippen molar-refractivity contribution < 1.29 is 9.84 Å². The Morgan fingerprint density at radius 3 is 2.87 bits per heavy atom. The van der Waals surface area contributed by atoms with Crippen LogP contribution in [0.5, 0.6) is 5.75 Å². The van der Waals surface area contributed by atoms with Crippen LogP contribution in [-0.2, 0) is 0 Å². The van der Waals surface area contributed by atoms with Gasteiger partial charge < -0.3 is 15.2 Å². The predicted molar refractivity (Wildman–Crippen MR) is 61.6 cm³/mol. The Hall–Kier alpha value is -0.770. The SMILES string of the molecule is COc1cccc(C2NCCC2O)c1.Cl. The summed E-state index contributed by atoms with van der Waals surface area (Å²) in [6, 6.07) is 7.89. The van der Waals surface area contributed by atoms with Crippen LogP contribution < -0.4 is 10.1 Å². The lowest BCUT2D eigenvalue weighted by Crippen LogP contribution is -2.20. The van der Waals surface area contributed by atoms with Gasteiger partial charge >= 0.3 is 0 Å². The second-order valence-corrected chi connectivity index (χ2v) is 3.56. The summed E-state index contributed by atoms with van der Waals surface area (Å²) >= 11 is 0. The Morgan fingerprint density at radius 1 is 1.47 bits per heavy atom. The first-order chi connectivity index (χ1) is 6.81. The van der Waals surface area contributed by atoms with Crippen LogP contribution in [0.3, 0.4) is 0 Å². The van der Waals surface area contributed by atoms with E-state index in [-0.39, 0.29) is 24.6 Å². The molecule has 0 radical (unpaired) electrons. The molecule has 1 saturated heterocycles. The summed E-state index contributed by atoms with van der Waals surface area (Å²) in [6.07, 6.45) is 0.545. The van der Waals surface area contributed by atoms with E-state index in [1.165, 1.54) is 0 Å². The van der Waals surface area contributed by atoms with Gasteiger partial charge in [0, 0.05) is 0 Å². The van der Waals surface area contributed by atoms with Crippen LogP contribution >= 0.6 is 12.4 Å². The highest BCUT2D eigenvalue weighted by molar-refractivity contribution is 5.85. The summed E-state index contributed by atoms with van der Waals surface area (Å²) in [7, 11) is 1.65.